The SMILES string of the molecule is Cc1nn(C(=O)c2ccc([N+](=O)[O-])cc2)c(C)c1S(=O)(=O)N1CCC(C)CC1. The summed E-state index contributed by atoms with van der Waals surface area (Å²) < 4.78 is 28.7. The number of benzene rings is 1. The Balaban J connectivity index is 1.95. The predicted octanol–water partition coefficient (Wildman–Crippen LogP) is 2.52. The summed E-state index contributed by atoms with van der Waals surface area (Å²) in [6, 6.07) is 5.12. The molecule has 10 heteroatoms. The van der Waals surface area contributed by atoms with Crippen molar-refractivity contribution >= 4 is 21.6 Å². The number of non-ortho nitro benzene ring substituents is 1. The van der Waals surface area contributed by atoms with Gasteiger partial charge in [0.1, 0.15) is 4.90 Å². The van der Waals surface area contributed by atoms with E-state index in [2.05, 4.69) is 12.0 Å². The Morgan fingerprint density at radius 3 is 2.29 bits per heavy atom. The first kappa shape index (κ1) is 20.2. The lowest BCUT2D eigenvalue weighted by Crippen LogP contribution is -2.38. The molecule has 0 saturated carbocycles. The van der Waals surface area contributed by atoms with Crippen LogP contribution < -0.4 is 0 Å². The fraction of sp³-hybridized carbons (Fsp3) is 0.444. The van der Waals surface area contributed by atoms with Gasteiger partial charge in [0.15, 0.2) is 0 Å². The summed E-state index contributed by atoms with van der Waals surface area (Å²) in [5, 5.41) is 14.9. The van der Waals surface area contributed by atoms with Crippen LogP contribution in [-0.2, 0) is 10.0 Å². The van der Waals surface area contributed by atoms with Gasteiger partial charge in [-0.25, -0.2) is 8.42 Å². The third kappa shape index (κ3) is 3.57. The smallest absolute Gasteiger partial charge is 0.267 e. The van der Waals surface area contributed by atoms with Gasteiger partial charge in [-0.2, -0.15) is 14.1 Å². The summed E-state index contributed by atoms with van der Waals surface area (Å²) in [7, 11) is -3.75. The molecular weight excluding hydrogens is 384 g/mol. The van der Waals surface area contributed by atoms with Gasteiger partial charge in [-0.3, -0.25) is 14.9 Å². The van der Waals surface area contributed by atoms with Crippen molar-refractivity contribution in [2.24, 2.45) is 5.92 Å². The van der Waals surface area contributed by atoms with E-state index in [4.69, 9.17) is 0 Å². The molecule has 1 aliphatic heterocycles. The molecule has 0 radical (unpaired) electrons. The molecule has 1 fully saturated rings. The number of carbonyl (C=O) groups excluding carboxylic acids is 1. The van der Waals surface area contributed by atoms with Crippen LogP contribution in [0.5, 0.6) is 0 Å². The molecule has 0 unspecified atom stereocenters. The molecular formula is C18H22N4O5S. The van der Waals surface area contributed by atoms with Crippen LogP contribution in [0, 0.1) is 29.9 Å². The summed E-state index contributed by atoms with van der Waals surface area (Å²) >= 11 is 0. The van der Waals surface area contributed by atoms with Crippen LogP contribution in [0.2, 0.25) is 0 Å². The average Bonchev–Trinajstić information content (AvgIpc) is 2.96. The third-order valence-electron chi connectivity index (χ3n) is 5.08. The van der Waals surface area contributed by atoms with Crippen molar-refractivity contribution in [3.05, 3.63) is 51.3 Å². The van der Waals surface area contributed by atoms with Crippen LogP contribution in [0.1, 0.15) is 41.5 Å². The molecule has 0 N–H and O–H groups in total. The minimum atomic E-state index is -3.75. The molecule has 1 aromatic carbocycles. The highest BCUT2D eigenvalue weighted by Crippen LogP contribution is 2.28. The summed E-state index contributed by atoms with van der Waals surface area (Å²) in [4.78, 5) is 23.0. The number of piperidine rings is 1. The van der Waals surface area contributed by atoms with E-state index < -0.39 is 20.9 Å². The van der Waals surface area contributed by atoms with Crippen LogP contribution >= 0.6 is 0 Å². The quantitative estimate of drug-likeness (QED) is 0.569. The molecule has 2 aromatic rings. The maximum absolute atomic E-state index is 13.1. The molecule has 0 bridgehead atoms. The second-order valence-corrected chi connectivity index (χ2v) is 8.98. The van der Waals surface area contributed by atoms with Gasteiger partial charge in [0.25, 0.3) is 11.6 Å². The molecule has 28 heavy (non-hydrogen) atoms. The first-order valence-corrected chi connectivity index (χ1v) is 10.4. The first-order valence-electron chi connectivity index (χ1n) is 8.98. The summed E-state index contributed by atoms with van der Waals surface area (Å²) in [5.74, 6) is -0.0516. The van der Waals surface area contributed by atoms with Gasteiger partial charge in [0.2, 0.25) is 10.0 Å². The second-order valence-electron chi connectivity index (χ2n) is 7.11. The molecule has 2 heterocycles. The molecule has 1 aromatic heterocycles. The summed E-state index contributed by atoms with van der Waals surface area (Å²) in [6.45, 7) is 6.10. The normalized spacial score (nSPS) is 16.2. The number of hydrogen-bond donors (Lipinski definition) is 0. The number of nitrogens with zero attached hydrogens (tertiary/aromatic N) is 4. The maximum atomic E-state index is 13.1. The first-order chi connectivity index (χ1) is 13.1. The lowest BCUT2D eigenvalue weighted by molar-refractivity contribution is -0.384. The Morgan fingerprint density at radius 1 is 1.18 bits per heavy atom. The van der Waals surface area contributed by atoms with Crippen LogP contribution in [0.25, 0.3) is 0 Å². The Hall–Kier alpha value is -2.59. The van der Waals surface area contributed by atoms with Gasteiger partial charge in [0.05, 0.1) is 16.3 Å². The van der Waals surface area contributed by atoms with Crippen molar-refractivity contribution in [3.8, 4) is 0 Å². The van der Waals surface area contributed by atoms with Gasteiger partial charge < -0.3 is 0 Å². The monoisotopic (exact) mass is 406 g/mol. The number of nitro benzene ring substituents is 1. The zero-order valence-electron chi connectivity index (χ0n) is 16.0. The van der Waals surface area contributed by atoms with Crippen LogP contribution in [0.15, 0.2) is 29.2 Å². The molecule has 0 atom stereocenters. The molecule has 0 amide bonds. The van der Waals surface area contributed by atoms with Crippen LogP contribution in [0.3, 0.4) is 0 Å². The standard InChI is InChI=1S/C18H22N4O5S/c1-12-8-10-20(11-9-12)28(26,27)17-13(2)19-21(14(17)3)18(23)15-4-6-16(7-5-15)22(24)25/h4-7,12H,8-11H2,1-3H3. The van der Waals surface area contributed by atoms with E-state index in [-0.39, 0.29) is 27.5 Å². The average molecular weight is 406 g/mol. The van der Waals surface area contributed by atoms with Crippen LogP contribution in [0.4, 0.5) is 5.69 Å². The van der Waals surface area contributed by atoms with E-state index in [0.717, 1.165) is 17.5 Å². The van der Waals surface area contributed by atoms with Gasteiger partial charge >= 0.3 is 0 Å². The summed E-state index contributed by atoms with van der Waals surface area (Å²) in [6.07, 6.45) is 1.60. The molecule has 0 spiro atoms. The Morgan fingerprint density at radius 2 is 1.75 bits per heavy atom. The fourth-order valence-electron chi connectivity index (χ4n) is 3.40. The second kappa shape index (κ2) is 7.44. The predicted molar refractivity (Wildman–Crippen MR) is 102 cm³/mol. The highest BCUT2D eigenvalue weighted by molar-refractivity contribution is 7.89. The van der Waals surface area contributed by atoms with Crippen molar-refractivity contribution in [1.82, 2.24) is 14.1 Å². The van der Waals surface area contributed by atoms with E-state index in [1.54, 1.807) is 13.8 Å². The minimum Gasteiger partial charge on any atom is -0.267 e. The lowest BCUT2D eigenvalue weighted by Gasteiger charge is -2.29. The Bertz CT molecular complexity index is 1020. The Kier molecular flexibility index (Phi) is 5.35. The molecule has 9 nitrogen and oxygen atoms in total. The van der Waals surface area contributed by atoms with E-state index in [9.17, 15) is 23.3 Å². The highest BCUT2D eigenvalue weighted by atomic mass is 32.2. The number of aryl methyl sites for hydroxylation is 1. The van der Waals surface area contributed by atoms with Crippen molar-refractivity contribution in [2.75, 3.05) is 13.1 Å². The fourth-order valence-corrected chi connectivity index (χ4v) is 5.23. The van der Waals surface area contributed by atoms with E-state index in [1.165, 1.54) is 28.6 Å². The van der Waals surface area contributed by atoms with E-state index in [0.29, 0.717) is 19.0 Å². The van der Waals surface area contributed by atoms with E-state index >= 15 is 0 Å². The van der Waals surface area contributed by atoms with Crippen LogP contribution in [-0.4, -0.2) is 46.4 Å². The number of sulfonamides is 1. The number of hydrogen-bond acceptors (Lipinski definition) is 6. The highest BCUT2D eigenvalue weighted by Gasteiger charge is 2.34. The maximum Gasteiger partial charge on any atom is 0.278 e. The number of aromatic nitrogens is 2. The van der Waals surface area contributed by atoms with Gasteiger partial charge in [-0.05, 0) is 44.7 Å². The molecule has 0 aliphatic carbocycles. The zero-order chi connectivity index (χ0) is 20.6. The number of carbonyl (C=O) groups is 1. The van der Waals surface area contributed by atoms with Gasteiger partial charge in [0, 0.05) is 30.8 Å². The minimum absolute atomic E-state index is 0.0531. The molecule has 1 aliphatic rings. The number of rotatable bonds is 4. The van der Waals surface area contributed by atoms with Crippen molar-refractivity contribution in [2.45, 2.75) is 38.5 Å². The molecule has 150 valence electrons. The third-order valence-corrected chi connectivity index (χ3v) is 7.23. The van der Waals surface area contributed by atoms with Gasteiger partial charge in [-0.1, -0.05) is 6.92 Å². The topological polar surface area (TPSA) is 115 Å². The van der Waals surface area contributed by atoms with Crippen molar-refractivity contribution in [3.63, 3.8) is 0 Å². The van der Waals surface area contributed by atoms with Gasteiger partial charge in [-0.15, -0.1) is 0 Å². The van der Waals surface area contributed by atoms with Crippen molar-refractivity contribution < 1.29 is 18.1 Å². The van der Waals surface area contributed by atoms with Crippen molar-refractivity contribution in [1.29, 1.82) is 0 Å². The zero-order valence-corrected chi connectivity index (χ0v) is 16.8. The number of nitro groups is 1. The Labute approximate surface area is 163 Å². The lowest BCUT2D eigenvalue weighted by atomic mass is 10.0. The molecule has 3 rings (SSSR count). The van der Waals surface area contributed by atoms with E-state index in [1.807, 2.05) is 0 Å². The summed E-state index contributed by atoms with van der Waals surface area (Å²) in [5.41, 5.74) is 0.547. The molecule has 1 saturated heterocycles. The largest absolute Gasteiger partial charge is 0.278 e.